The van der Waals surface area contributed by atoms with E-state index < -0.39 is 23.8 Å². The highest BCUT2D eigenvalue weighted by Crippen LogP contribution is 2.34. The van der Waals surface area contributed by atoms with Crippen LogP contribution in [-0.4, -0.2) is 24.2 Å². The lowest BCUT2D eigenvalue weighted by Gasteiger charge is -2.30. The summed E-state index contributed by atoms with van der Waals surface area (Å²) in [5.74, 6) is -2.70. The Labute approximate surface area is 88.9 Å². The van der Waals surface area contributed by atoms with Crippen molar-refractivity contribution in [1.82, 2.24) is 0 Å². The molecule has 0 spiro atoms. The van der Waals surface area contributed by atoms with Gasteiger partial charge in [-0.15, -0.1) is 0 Å². The topological polar surface area (TPSA) is 63.6 Å². The van der Waals surface area contributed by atoms with E-state index in [1.165, 1.54) is 7.11 Å². The number of esters is 1. The van der Waals surface area contributed by atoms with Gasteiger partial charge in [0.15, 0.2) is 0 Å². The van der Waals surface area contributed by atoms with E-state index in [1.807, 2.05) is 19.9 Å². The number of hydrogen-bond acceptors (Lipinski definition) is 3. The lowest BCUT2D eigenvalue weighted by atomic mass is 9.74. The van der Waals surface area contributed by atoms with Crippen LogP contribution in [0.2, 0.25) is 0 Å². The van der Waals surface area contributed by atoms with Crippen LogP contribution < -0.4 is 0 Å². The molecule has 0 fully saturated rings. The van der Waals surface area contributed by atoms with E-state index in [0.717, 1.165) is 5.57 Å². The zero-order chi connectivity index (χ0) is 11.6. The second-order valence-electron chi connectivity index (χ2n) is 4.07. The van der Waals surface area contributed by atoms with Gasteiger partial charge in [0.25, 0.3) is 0 Å². The number of rotatable bonds is 2. The van der Waals surface area contributed by atoms with Gasteiger partial charge in [0, 0.05) is 0 Å². The fourth-order valence-corrected chi connectivity index (χ4v) is 2.24. The van der Waals surface area contributed by atoms with Gasteiger partial charge in [-0.1, -0.05) is 18.6 Å². The number of methoxy groups -OCH3 is 1. The third-order valence-electron chi connectivity index (χ3n) is 2.88. The fourth-order valence-electron chi connectivity index (χ4n) is 2.24. The average Bonchev–Trinajstić information content (AvgIpc) is 2.14. The largest absolute Gasteiger partial charge is 0.481 e. The molecule has 0 saturated carbocycles. The molecule has 15 heavy (non-hydrogen) atoms. The van der Waals surface area contributed by atoms with Crippen LogP contribution in [0.1, 0.15) is 20.3 Å². The Kier molecular flexibility index (Phi) is 3.50. The number of carboxylic acid groups (broad SMARTS) is 1. The predicted octanol–water partition coefficient (Wildman–Crippen LogP) is 1.46. The third kappa shape index (κ3) is 2.37. The molecule has 0 unspecified atom stereocenters. The Balaban J connectivity index is 2.97. The van der Waals surface area contributed by atoms with Crippen molar-refractivity contribution in [3.8, 4) is 0 Å². The molecule has 4 heteroatoms. The molecule has 0 amide bonds. The van der Waals surface area contributed by atoms with Crippen LogP contribution >= 0.6 is 0 Å². The van der Waals surface area contributed by atoms with Crippen LogP contribution in [0.3, 0.4) is 0 Å². The van der Waals surface area contributed by atoms with Gasteiger partial charge in [0.1, 0.15) is 0 Å². The number of carbonyl (C=O) groups is 2. The summed E-state index contributed by atoms with van der Waals surface area (Å²) in [7, 11) is 1.29. The molecule has 1 N–H and O–H groups in total. The van der Waals surface area contributed by atoms with Crippen molar-refractivity contribution in [3.05, 3.63) is 11.6 Å². The Morgan fingerprint density at radius 2 is 2.13 bits per heavy atom. The van der Waals surface area contributed by atoms with Crippen molar-refractivity contribution in [2.75, 3.05) is 7.11 Å². The standard InChI is InChI=1S/C11H16O4/c1-6-4-7(2)9(10(12)13)8(5-6)11(14)15-3/h4,7-9H,5H2,1-3H3,(H,12,13)/t7-,8-,9+/m0/s1. The van der Waals surface area contributed by atoms with Gasteiger partial charge in [-0.2, -0.15) is 0 Å². The lowest BCUT2D eigenvalue weighted by Crippen LogP contribution is -2.37. The Morgan fingerprint density at radius 3 is 2.60 bits per heavy atom. The van der Waals surface area contributed by atoms with Crippen molar-refractivity contribution >= 4 is 11.9 Å². The number of ether oxygens (including phenoxy) is 1. The minimum Gasteiger partial charge on any atom is -0.481 e. The first-order chi connectivity index (χ1) is 6.97. The van der Waals surface area contributed by atoms with Gasteiger partial charge >= 0.3 is 11.9 Å². The summed E-state index contributed by atoms with van der Waals surface area (Å²) in [6.45, 7) is 3.72. The van der Waals surface area contributed by atoms with Crippen LogP contribution in [0.5, 0.6) is 0 Å². The molecule has 0 radical (unpaired) electrons. The van der Waals surface area contributed by atoms with E-state index in [4.69, 9.17) is 5.11 Å². The molecule has 1 aliphatic rings. The van der Waals surface area contributed by atoms with E-state index in [1.54, 1.807) is 0 Å². The van der Waals surface area contributed by atoms with Gasteiger partial charge in [-0.05, 0) is 19.3 Å². The molecule has 0 heterocycles. The maximum atomic E-state index is 11.5. The first-order valence-electron chi connectivity index (χ1n) is 4.95. The lowest BCUT2D eigenvalue weighted by molar-refractivity contribution is -0.157. The summed E-state index contributed by atoms with van der Waals surface area (Å²) in [4.78, 5) is 22.5. The highest BCUT2D eigenvalue weighted by molar-refractivity contribution is 5.82. The highest BCUT2D eigenvalue weighted by atomic mass is 16.5. The fraction of sp³-hybridized carbons (Fsp3) is 0.636. The normalized spacial score (nSPS) is 30.6. The smallest absolute Gasteiger partial charge is 0.309 e. The van der Waals surface area contributed by atoms with Crippen LogP contribution in [0.25, 0.3) is 0 Å². The van der Waals surface area contributed by atoms with Gasteiger partial charge in [-0.25, -0.2) is 0 Å². The number of carboxylic acids is 1. The molecule has 1 aliphatic carbocycles. The zero-order valence-corrected chi connectivity index (χ0v) is 9.19. The van der Waals surface area contributed by atoms with E-state index >= 15 is 0 Å². The van der Waals surface area contributed by atoms with Crippen molar-refractivity contribution in [3.63, 3.8) is 0 Å². The third-order valence-corrected chi connectivity index (χ3v) is 2.88. The first kappa shape index (κ1) is 11.8. The quantitative estimate of drug-likeness (QED) is 0.556. The Bertz CT molecular complexity index is 306. The minimum atomic E-state index is -0.929. The molecule has 0 aromatic carbocycles. The molecule has 0 aliphatic heterocycles. The van der Waals surface area contributed by atoms with Crippen LogP contribution in [-0.2, 0) is 14.3 Å². The highest BCUT2D eigenvalue weighted by Gasteiger charge is 2.40. The molecule has 0 aromatic heterocycles. The molecule has 0 bridgehead atoms. The maximum Gasteiger partial charge on any atom is 0.309 e. The summed E-state index contributed by atoms with van der Waals surface area (Å²) in [5, 5.41) is 9.07. The molecular formula is C11H16O4. The van der Waals surface area contributed by atoms with Crippen LogP contribution in [0, 0.1) is 17.8 Å². The summed E-state index contributed by atoms with van der Waals surface area (Å²) in [6.07, 6.45) is 2.40. The van der Waals surface area contributed by atoms with E-state index in [0.29, 0.717) is 6.42 Å². The molecular weight excluding hydrogens is 196 g/mol. The van der Waals surface area contributed by atoms with Gasteiger partial charge < -0.3 is 9.84 Å². The average molecular weight is 212 g/mol. The van der Waals surface area contributed by atoms with Crippen molar-refractivity contribution in [2.45, 2.75) is 20.3 Å². The second kappa shape index (κ2) is 4.47. The summed E-state index contributed by atoms with van der Waals surface area (Å²) in [5.41, 5.74) is 1.05. The molecule has 84 valence electrons. The van der Waals surface area contributed by atoms with Gasteiger partial charge in [0.05, 0.1) is 18.9 Å². The van der Waals surface area contributed by atoms with E-state index in [9.17, 15) is 9.59 Å². The first-order valence-corrected chi connectivity index (χ1v) is 4.95. The minimum absolute atomic E-state index is 0.125. The summed E-state index contributed by atoms with van der Waals surface area (Å²) < 4.78 is 4.64. The van der Waals surface area contributed by atoms with Crippen LogP contribution in [0.4, 0.5) is 0 Å². The monoisotopic (exact) mass is 212 g/mol. The van der Waals surface area contributed by atoms with Crippen molar-refractivity contribution in [1.29, 1.82) is 0 Å². The van der Waals surface area contributed by atoms with Crippen LogP contribution in [0.15, 0.2) is 11.6 Å². The second-order valence-corrected chi connectivity index (χ2v) is 4.07. The number of allylic oxidation sites excluding steroid dienone is 2. The van der Waals surface area contributed by atoms with E-state index in [2.05, 4.69) is 4.74 Å². The number of hydrogen-bond donors (Lipinski definition) is 1. The molecule has 0 saturated heterocycles. The SMILES string of the molecule is COC(=O)[C@H]1CC(C)=C[C@H](C)[C@H]1C(=O)O. The van der Waals surface area contributed by atoms with Gasteiger partial charge in [0.2, 0.25) is 0 Å². The Morgan fingerprint density at radius 1 is 1.53 bits per heavy atom. The maximum absolute atomic E-state index is 11.5. The predicted molar refractivity (Wildman–Crippen MR) is 54.2 cm³/mol. The zero-order valence-electron chi connectivity index (χ0n) is 9.19. The summed E-state index contributed by atoms with van der Waals surface area (Å²) >= 11 is 0. The van der Waals surface area contributed by atoms with E-state index in [-0.39, 0.29) is 5.92 Å². The molecule has 0 aromatic rings. The number of aliphatic carboxylic acids is 1. The number of carbonyl (C=O) groups excluding carboxylic acids is 1. The summed E-state index contributed by atoms with van der Waals surface area (Å²) in [6, 6.07) is 0. The Hall–Kier alpha value is -1.32. The van der Waals surface area contributed by atoms with Gasteiger partial charge in [-0.3, -0.25) is 9.59 Å². The molecule has 3 atom stereocenters. The molecule has 4 nitrogen and oxygen atoms in total. The van der Waals surface area contributed by atoms with Crippen molar-refractivity contribution < 1.29 is 19.4 Å². The molecule has 1 rings (SSSR count). The van der Waals surface area contributed by atoms with Crippen molar-refractivity contribution in [2.24, 2.45) is 17.8 Å².